The molecule has 0 aliphatic rings. The highest BCUT2D eigenvalue weighted by Crippen LogP contribution is 2.21. The summed E-state index contributed by atoms with van der Waals surface area (Å²) >= 11 is 1.66. The fraction of sp³-hybridized carbons (Fsp3) is 0.273. The van der Waals surface area contributed by atoms with Gasteiger partial charge in [0.15, 0.2) is 0 Å². The second kappa shape index (κ2) is 4.51. The lowest BCUT2D eigenvalue weighted by atomic mass is 10.2. The van der Waals surface area contributed by atoms with Crippen LogP contribution in [0.1, 0.15) is 11.9 Å². The molecule has 0 radical (unpaired) electrons. The zero-order chi connectivity index (χ0) is 10.7. The molecule has 0 aliphatic heterocycles. The Morgan fingerprint density at radius 3 is 2.80 bits per heavy atom. The molecule has 0 aliphatic carbocycles. The molecule has 0 amide bonds. The topological polar surface area (TPSA) is 51.8 Å². The second-order valence-electron chi connectivity index (χ2n) is 3.54. The molecule has 2 heterocycles. The van der Waals surface area contributed by atoms with Crippen LogP contribution in [0.15, 0.2) is 29.9 Å². The Morgan fingerprint density at radius 1 is 1.40 bits per heavy atom. The van der Waals surface area contributed by atoms with Gasteiger partial charge in [0.05, 0.1) is 10.7 Å². The summed E-state index contributed by atoms with van der Waals surface area (Å²) < 4.78 is 0. The zero-order valence-corrected chi connectivity index (χ0v) is 9.37. The van der Waals surface area contributed by atoms with Crippen molar-refractivity contribution in [2.75, 3.05) is 0 Å². The van der Waals surface area contributed by atoms with E-state index in [2.05, 4.69) is 15.3 Å². The maximum atomic E-state index is 5.73. The minimum atomic E-state index is 0.168. The Balaban J connectivity index is 2.21. The minimum absolute atomic E-state index is 0.168. The van der Waals surface area contributed by atoms with E-state index in [4.69, 9.17) is 5.73 Å². The van der Waals surface area contributed by atoms with Crippen molar-refractivity contribution in [3.63, 3.8) is 0 Å². The first-order chi connectivity index (χ1) is 7.25. The highest BCUT2D eigenvalue weighted by atomic mass is 32.1. The van der Waals surface area contributed by atoms with E-state index in [1.165, 1.54) is 0 Å². The highest BCUT2D eigenvalue weighted by molar-refractivity contribution is 7.09. The van der Waals surface area contributed by atoms with Crippen molar-refractivity contribution in [3.8, 4) is 11.3 Å². The summed E-state index contributed by atoms with van der Waals surface area (Å²) in [7, 11) is 0. The first kappa shape index (κ1) is 10.3. The van der Waals surface area contributed by atoms with E-state index in [0.717, 1.165) is 22.7 Å². The normalized spacial score (nSPS) is 12.7. The molecule has 0 aromatic carbocycles. The van der Waals surface area contributed by atoms with Crippen molar-refractivity contribution in [2.24, 2.45) is 5.73 Å². The SMILES string of the molecule is CC(N)Cc1nc(-c2ccncc2)cs1. The van der Waals surface area contributed by atoms with Gasteiger partial charge in [-0.1, -0.05) is 0 Å². The Morgan fingerprint density at radius 2 is 2.13 bits per heavy atom. The first-order valence-corrected chi connectivity index (χ1v) is 5.74. The van der Waals surface area contributed by atoms with Gasteiger partial charge in [-0.2, -0.15) is 0 Å². The predicted molar refractivity (Wildman–Crippen MR) is 62.7 cm³/mol. The number of nitrogens with zero attached hydrogens (tertiary/aromatic N) is 2. The fourth-order valence-corrected chi connectivity index (χ4v) is 2.28. The lowest BCUT2D eigenvalue weighted by molar-refractivity contribution is 0.734. The average molecular weight is 219 g/mol. The molecule has 1 atom stereocenters. The molecule has 15 heavy (non-hydrogen) atoms. The molecule has 4 heteroatoms. The first-order valence-electron chi connectivity index (χ1n) is 4.86. The molecule has 2 rings (SSSR count). The number of hydrogen-bond acceptors (Lipinski definition) is 4. The van der Waals surface area contributed by atoms with Crippen LogP contribution in [-0.2, 0) is 6.42 Å². The van der Waals surface area contributed by atoms with Crippen LogP contribution in [0.5, 0.6) is 0 Å². The van der Waals surface area contributed by atoms with Crippen molar-refractivity contribution >= 4 is 11.3 Å². The van der Waals surface area contributed by atoms with Crippen LogP contribution in [-0.4, -0.2) is 16.0 Å². The standard InChI is InChI=1S/C11H13N3S/c1-8(12)6-11-14-10(7-15-11)9-2-4-13-5-3-9/h2-5,7-8H,6,12H2,1H3. The third kappa shape index (κ3) is 2.61. The third-order valence-corrected chi connectivity index (χ3v) is 2.90. The number of rotatable bonds is 3. The predicted octanol–water partition coefficient (Wildman–Crippen LogP) is 2.09. The maximum Gasteiger partial charge on any atom is 0.0947 e. The summed E-state index contributed by atoms with van der Waals surface area (Å²) in [5, 5.41) is 3.16. The molecular weight excluding hydrogens is 206 g/mol. The summed E-state index contributed by atoms with van der Waals surface area (Å²) in [6.45, 7) is 1.99. The summed E-state index contributed by atoms with van der Waals surface area (Å²) in [6.07, 6.45) is 4.40. The third-order valence-electron chi connectivity index (χ3n) is 2.02. The quantitative estimate of drug-likeness (QED) is 0.860. The van der Waals surface area contributed by atoms with Gasteiger partial charge in [0.1, 0.15) is 0 Å². The highest BCUT2D eigenvalue weighted by Gasteiger charge is 2.05. The number of hydrogen-bond donors (Lipinski definition) is 1. The van der Waals surface area contributed by atoms with Gasteiger partial charge in [-0.25, -0.2) is 4.98 Å². The molecule has 2 aromatic rings. The molecule has 0 bridgehead atoms. The van der Waals surface area contributed by atoms with Gasteiger partial charge in [-0.15, -0.1) is 11.3 Å². The van der Waals surface area contributed by atoms with Crippen molar-refractivity contribution in [2.45, 2.75) is 19.4 Å². The summed E-state index contributed by atoms with van der Waals surface area (Å²) in [5.74, 6) is 0. The van der Waals surface area contributed by atoms with Crippen LogP contribution >= 0.6 is 11.3 Å². The number of nitrogens with two attached hydrogens (primary N) is 1. The van der Waals surface area contributed by atoms with E-state index in [1.54, 1.807) is 23.7 Å². The molecular formula is C11H13N3S. The van der Waals surface area contributed by atoms with Gasteiger partial charge in [-0.05, 0) is 19.1 Å². The molecule has 2 N–H and O–H groups in total. The second-order valence-corrected chi connectivity index (χ2v) is 4.49. The van der Waals surface area contributed by atoms with Crippen LogP contribution in [0.3, 0.4) is 0 Å². The Bertz CT molecular complexity index is 422. The minimum Gasteiger partial charge on any atom is -0.328 e. The summed E-state index contributed by atoms with van der Waals surface area (Å²) in [6, 6.07) is 4.09. The van der Waals surface area contributed by atoms with E-state index >= 15 is 0 Å². The fourth-order valence-electron chi connectivity index (χ4n) is 1.34. The lowest BCUT2D eigenvalue weighted by Crippen LogP contribution is -2.17. The van der Waals surface area contributed by atoms with Crippen molar-refractivity contribution in [3.05, 3.63) is 34.9 Å². The van der Waals surface area contributed by atoms with E-state index in [9.17, 15) is 0 Å². The number of pyridine rings is 1. The monoisotopic (exact) mass is 219 g/mol. The number of aromatic nitrogens is 2. The molecule has 0 fully saturated rings. The van der Waals surface area contributed by atoms with Crippen LogP contribution in [0, 0.1) is 0 Å². The van der Waals surface area contributed by atoms with Gasteiger partial charge >= 0.3 is 0 Å². The van der Waals surface area contributed by atoms with E-state index < -0.39 is 0 Å². The Hall–Kier alpha value is -1.26. The Kier molecular flexibility index (Phi) is 3.08. The molecule has 78 valence electrons. The molecule has 1 unspecified atom stereocenters. The van der Waals surface area contributed by atoms with Gasteiger partial charge in [0.25, 0.3) is 0 Å². The molecule has 0 spiro atoms. The van der Waals surface area contributed by atoms with Crippen LogP contribution in [0.25, 0.3) is 11.3 Å². The molecule has 0 saturated carbocycles. The zero-order valence-electron chi connectivity index (χ0n) is 8.55. The average Bonchev–Trinajstić information content (AvgIpc) is 2.67. The van der Waals surface area contributed by atoms with Crippen LogP contribution in [0.4, 0.5) is 0 Å². The summed E-state index contributed by atoms with van der Waals surface area (Å²) in [5.41, 5.74) is 7.85. The van der Waals surface area contributed by atoms with Gasteiger partial charge < -0.3 is 5.73 Å². The van der Waals surface area contributed by atoms with Crippen molar-refractivity contribution in [1.82, 2.24) is 9.97 Å². The van der Waals surface area contributed by atoms with Gasteiger partial charge in [0.2, 0.25) is 0 Å². The lowest BCUT2D eigenvalue weighted by Gasteiger charge is -1.99. The van der Waals surface area contributed by atoms with Crippen LogP contribution < -0.4 is 5.73 Å². The number of thiazole rings is 1. The van der Waals surface area contributed by atoms with Gasteiger partial charge in [-0.3, -0.25) is 4.98 Å². The molecule has 2 aromatic heterocycles. The van der Waals surface area contributed by atoms with E-state index in [-0.39, 0.29) is 6.04 Å². The van der Waals surface area contributed by atoms with E-state index in [1.807, 2.05) is 19.1 Å². The van der Waals surface area contributed by atoms with E-state index in [0.29, 0.717) is 0 Å². The van der Waals surface area contributed by atoms with Crippen molar-refractivity contribution in [1.29, 1.82) is 0 Å². The smallest absolute Gasteiger partial charge is 0.0947 e. The maximum absolute atomic E-state index is 5.73. The Labute approximate surface area is 93.0 Å². The largest absolute Gasteiger partial charge is 0.328 e. The summed E-state index contributed by atoms with van der Waals surface area (Å²) in [4.78, 5) is 8.51. The molecule has 3 nitrogen and oxygen atoms in total. The van der Waals surface area contributed by atoms with Gasteiger partial charge in [0, 0.05) is 35.8 Å². The molecule has 0 saturated heterocycles. The van der Waals surface area contributed by atoms with Crippen molar-refractivity contribution < 1.29 is 0 Å². The van der Waals surface area contributed by atoms with Crippen LogP contribution in [0.2, 0.25) is 0 Å².